The Morgan fingerprint density at radius 3 is 2.61 bits per heavy atom. The molecule has 0 saturated heterocycles. The number of aromatic nitrogens is 1. The van der Waals surface area contributed by atoms with Crippen molar-refractivity contribution in [1.82, 2.24) is 4.98 Å². The topological polar surface area (TPSA) is 97.8 Å². The van der Waals surface area contributed by atoms with E-state index in [2.05, 4.69) is 10.3 Å². The number of rotatable bonds is 7. The largest absolute Gasteiger partial charge is 0.488 e. The van der Waals surface area contributed by atoms with Crippen LogP contribution >= 0.6 is 11.6 Å². The number of methoxy groups -OCH3 is 1. The van der Waals surface area contributed by atoms with Crippen molar-refractivity contribution in [2.45, 2.75) is 44.6 Å². The number of carbonyl (C=O) groups is 2. The number of nitrogens with zero attached hydrogens (tertiary/aromatic N) is 1. The smallest absolute Gasteiger partial charge is 0.290 e. The van der Waals surface area contributed by atoms with Gasteiger partial charge in [-0.05, 0) is 36.6 Å². The van der Waals surface area contributed by atoms with E-state index in [1.165, 1.54) is 44.2 Å². The molecule has 1 saturated carbocycles. The van der Waals surface area contributed by atoms with Gasteiger partial charge in [-0.3, -0.25) is 4.79 Å². The van der Waals surface area contributed by atoms with Crippen LogP contribution in [0.4, 0.5) is 10.1 Å². The van der Waals surface area contributed by atoms with Gasteiger partial charge in [0.2, 0.25) is 0 Å². The molecule has 1 aliphatic carbocycles. The minimum atomic E-state index is -0.282. The molecule has 0 spiro atoms. The van der Waals surface area contributed by atoms with Gasteiger partial charge in [0.1, 0.15) is 12.6 Å². The highest BCUT2D eigenvalue weighted by Crippen LogP contribution is 2.29. The Kier molecular flexibility index (Phi) is 12.7. The maximum Gasteiger partial charge on any atom is 0.290 e. The molecule has 7 nitrogen and oxygen atoms in total. The molecule has 2 aromatic rings. The second-order valence-electron chi connectivity index (χ2n) is 6.65. The predicted molar refractivity (Wildman–Crippen MR) is 118 cm³/mol. The first-order chi connectivity index (χ1) is 15.1. The van der Waals surface area contributed by atoms with E-state index in [0.717, 1.165) is 5.69 Å². The van der Waals surface area contributed by atoms with Crippen molar-refractivity contribution >= 4 is 30.5 Å². The molecule has 0 aliphatic heterocycles. The van der Waals surface area contributed by atoms with Crippen molar-refractivity contribution in [3.8, 4) is 11.6 Å². The average Bonchev–Trinajstić information content (AvgIpc) is 2.79. The summed E-state index contributed by atoms with van der Waals surface area (Å²) in [6.45, 7) is 2.06. The molecule has 1 heterocycles. The number of halogens is 2. The van der Waals surface area contributed by atoms with Crippen LogP contribution in [-0.2, 0) is 16.0 Å². The molecule has 1 aliphatic rings. The lowest BCUT2D eigenvalue weighted by atomic mass is 9.95. The van der Waals surface area contributed by atoms with Crippen molar-refractivity contribution in [3.63, 3.8) is 0 Å². The SMILES string of the molecule is C=O.COc1ncc(NC2CCCCC2)cc1OCCc1cc(Cl)ccc1F.O=CO. The number of carbonyl (C=O) groups excluding carboxylic acids is 1. The summed E-state index contributed by atoms with van der Waals surface area (Å²) in [4.78, 5) is 20.7. The van der Waals surface area contributed by atoms with E-state index in [1.807, 2.05) is 12.9 Å². The first-order valence-electron chi connectivity index (χ1n) is 9.81. The molecule has 0 bridgehead atoms. The van der Waals surface area contributed by atoms with Gasteiger partial charge in [-0.15, -0.1) is 0 Å². The van der Waals surface area contributed by atoms with Crippen LogP contribution in [0.1, 0.15) is 37.7 Å². The number of nitrogens with one attached hydrogen (secondary N) is 1. The molecule has 1 aromatic carbocycles. The Balaban J connectivity index is 0.000000884. The summed E-state index contributed by atoms with van der Waals surface area (Å²) >= 11 is 5.93. The van der Waals surface area contributed by atoms with Gasteiger partial charge in [0.15, 0.2) is 5.75 Å². The standard InChI is InChI=1S/C20H24ClFN2O2.CH2O2.CH2O/c1-25-20-19(26-10-9-14-11-15(21)7-8-18(14)22)12-17(13-23-20)24-16-5-3-2-4-6-16;2-1-3;1-2/h7-8,11-13,16,24H,2-6,9-10H2,1H3;1H,(H,2,3);1H2. The monoisotopic (exact) mass is 454 g/mol. The van der Waals surface area contributed by atoms with Gasteiger partial charge in [0, 0.05) is 23.6 Å². The van der Waals surface area contributed by atoms with E-state index in [0.29, 0.717) is 41.3 Å². The van der Waals surface area contributed by atoms with Crippen molar-refractivity contribution in [3.05, 3.63) is 46.9 Å². The highest BCUT2D eigenvalue weighted by Gasteiger charge is 2.15. The first-order valence-corrected chi connectivity index (χ1v) is 10.2. The second kappa shape index (κ2) is 15.0. The van der Waals surface area contributed by atoms with Crippen molar-refractivity contribution in [2.75, 3.05) is 19.0 Å². The summed E-state index contributed by atoms with van der Waals surface area (Å²) in [5, 5.41) is 10.9. The fraction of sp³-hybridized carbons (Fsp3) is 0.409. The third-order valence-electron chi connectivity index (χ3n) is 4.62. The number of benzene rings is 1. The Bertz CT molecular complexity index is 803. The van der Waals surface area contributed by atoms with Crippen molar-refractivity contribution in [2.24, 2.45) is 0 Å². The van der Waals surface area contributed by atoms with E-state index >= 15 is 0 Å². The van der Waals surface area contributed by atoms with Crippen molar-refractivity contribution < 1.29 is 28.6 Å². The van der Waals surface area contributed by atoms with E-state index in [1.54, 1.807) is 19.4 Å². The maximum atomic E-state index is 13.8. The fourth-order valence-corrected chi connectivity index (χ4v) is 3.45. The molecule has 31 heavy (non-hydrogen) atoms. The molecule has 0 unspecified atom stereocenters. The fourth-order valence-electron chi connectivity index (χ4n) is 3.26. The molecule has 1 aromatic heterocycles. The van der Waals surface area contributed by atoms with Crippen LogP contribution in [0.25, 0.3) is 0 Å². The number of anilines is 1. The van der Waals surface area contributed by atoms with Crippen LogP contribution in [-0.4, -0.2) is 43.1 Å². The van der Waals surface area contributed by atoms with Gasteiger partial charge in [0.05, 0.1) is 25.6 Å². The Labute approximate surface area is 186 Å². The molecule has 0 amide bonds. The van der Waals surface area contributed by atoms with Gasteiger partial charge in [-0.25, -0.2) is 9.37 Å². The number of hydrogen-bond acceptors (Lipinski definition) is 6. The Morgan fingerprint density at radius 2 is 1.97 bits per heavy atom. The highest BCUT2D eigenvalue weighted by molar-refractivity contribution is 6.30. The Morgan fingerprint density at radius 1 is 1.29 bits per heavy atom. The van der Waals surface area contributed by atoms with Gasteiger partial charge in [-0.1, -0.05) is 30.9 Å². The summed E-state index contributed by atoms with van der Waals surface area (Å²) in [6, 6.07) is 6.90. The quantitative estimate of drug-likeness (QED) is 0.581. The predicted octanol–water partition coefficient (Wildman–Crippen LogP) is 4.76. The molecular weight excluding hydrogens is 427 g/mol. The summed E-state index contributed by atoms with van der Waals surface area (Å²) in [6.07, 6.45) is 8.36. The van der Waals surface area contributed by atoms with Gasteiger partial charge in [0.25, 0.3) is 12.4 Å². The first kappa shape index (κ1) is 26.2. The molecule has 0 radical (unpaired) electrons. The van der Waals surface area contributed by atoms with Crippen LogP contribution in [0.2, 0.25) is 5.02 Å². The number of ether oxygens (including phenoxy) is 2. The van der Waals surface area contributed by atoms with E-state index < -0.39 is 0 Å². The molecule has 1 fully saturated rings. The molecule has 9 heteroatoms. The number of carboxylic acid groups (broad SMARTS) is 1. The zero-order valence-electron chi connectivity index (χ0n) is 17.5. The van der Waals surface area contributed by atoms with Crippen molar-refractivity contribution in [1.29, 1.82) is 0 Å². The summed E-state index contributed by atoms with van der Waals surface area (Å²) in [5.74, 6) is 0.692. The number of hydrogen-bond donors (Lipinski definition) is 2. The molecule has 0 atom stereocenters. The Hall–Kier alpha value is -2.87. The van der Waals surface area contributed by atoms with Crippen LogP contribution in [0, 0.1) is 5.82 Å². The summed E-state index contributed by atoms with van der Waals surface area (Å²) in [5.41, 5.74) is 1.45. The average molecular weight is 455 g/mol. The molecule has 170 valence electrons. The van der Waals surface area contributed by atoms with Gasteiger partial charge >= 0.3 is 0 Å². The molecule has 2 N–H and O–H groups in total. The van der Waals surface area contributed by atoms with Crippen LogP contribution in [0.15, 0.2) is 30.5 Å². The second-order valence-corrected chi connectivity index (χ2v) is 7.09. The van der Waals surface area contributed by atoms with Gasteiger partial charge in [-0.2, -0.15) is 0 Å². The van der Waals surface area contributed by atoms with Crippen LogP contribution in [0.3, 0.4) is 0 Å². The zero-order valence-corrected chi connectivity index (χ0v) is 18.2. The normalized spacial score (nSPS) is 13.0. The maximum absolute atomic E-state index is 13.8. The highest BCUT2D eigenvalue weighted by atomic mass is 35.5. The van der Waals surface area contributed by atoms with Crippen LogP contribution in [0.5, 0.6) is 11.6 Å². The van der Waals surface area contributed by atoms with Gasteiger partial charge < -0.3 is 24.7 Å². The van der Waals surface area contributed by atoms with E-state index in [-0.39, 0.29) is 12.3 Å². The number of pyridine rings is 1. The van der Waals surface area contributed by atoms with E-state index in [9.17, 15) is 4.39 Å². The van der Waals surface area contributed by atoms with Crippen LogP contribution < -0.4 is 14.8 Å². The minimum absolute atomic E-state index is 0.250. The van der Waals surface area contributed by atoms with E-state index in [4.69, 9.17) is 35.8 Å². The molecular formula is C22H28ClFN2O5. The lowest BCUT2D eigenvalue weighted by Gasteiger charge is -2.24. The minimum Gasteiger partial charge on any atom is -0.488 e. The third kappa shape index (κ3) is 9.21. The summed E-state index contributed by atoms with van der Waals surface area (Å²) in [7, 11) is 1.56. The lowest BCUT2D eigenvalue weighted by molar-refractivity contribution is -0.122. The zero-order chi connectivity index (χ0) is 23.1. The third-order valence-corrected chi connectivity index (χ3v) is 4.86. The molecule has 3 rings (SSSR count). The summed E-state index contributed by atoms with van der Waals surface area (Å²) < 4.78 is 24.9. The lowest BCUT2D eigenvalue weighted by Crippen LogP contribution is -2.22.